The summed E-state index contributed by atoms with van der Waals surface area (Å²) in [6.07, 6.45) is 0. The topological polar surface area (TPSA) is 116 Å². The molecule has 0 radical (unpaired) electrons. The zero-order valence-electron chi connectivity index (χ0n) is 21.6. The summed E-state index contributed by atoms with van der Waals surface area (Å²) in [6.45, 7) is 0. The summed E-state index contributed by atoms with van der Waals surface area (Å²) >= 11 is 4.35. The number of benzene rings is 4. The largest absolute Gasteiger partial charge is 0.333 e. The molecule has 2 heterocycles. The maximum absolute atomic E-state index is 12.4. The lowest BCUT2D eigenvalue weighted by molar-refractivity contribution is -0.114. The van der Waals surface area contributed by atoms with E-state index in [1.54, 1.807) is 11.8 Å². The van der Waals surface area contributed by atoms with Crippen molar-refractivity contribution in [1.82, 2.24) is 19.9 Å². The van der Waals surface area contributed by atoms with Gasteiger partial charge in [0.15, 0.2) is 10.3 Å². The zero-order chi connectivity index (χ0) is 28.0. The summed E-state index contributed by atoms with van der Waals surface area (Å²) in [5, 5.41) is 7.31. The second-order valence-electron chi connectivity index (χ2n) is 8.94. The van der Waals surface area contributed by atoms with Crippen molar-refractivity contribution in [2.24, 2.45) is 0 Å². The third-order valence-corrected chi connectivity index (χ3v) is 8.69. The molecule has 41 heavy (non-hydrogen) atoms. The van der Waals surface area contributed by atoms with Crippen molar-refractivity contribution in [1.29, 1.82) is 0 Å². The lowest BCUT2D eigenvalue weighted by Crippen LogP contribution is -2.14. The highest BCUT2D eigenvalue weighted by atomic mass is 32.2. The van der Waals surface area contributed by atoms with Crippen molar-refractivity contribution >= 4 is 80.5 Å². The molecule has 2 aromatic heterocycles. The Morgan fingerprint density at radius 1 is 0.585 bits per heavy atom. The van der Waals surface area contributed by atoms with Gasteiger partial charge in [0.25, 0.3) is 0 Å². The van der Waals surface area contributed by atoms with E-state index in [0.29, 0.717) is 0 Å². The summed E-state index contributed by atoms with van der Waals surface area (Å²) in [5.74, 6) is 0.337. The number of imidazole rings is 2. The number of carbonyl (C=O) groups excluding carboxylic acids is 2. The van der Waals surface area contributed by atoms with E-state index in [4.69, 9.17) is 0 Å². The summed E-state index contributed by atoms with van der Waals surface area (Å²) in [4.78, 5) is 42.3. The van der Waals surface area contributed by atoms with Crippen LogP contribution in [0, 0.1) is 0 Å². The van der Waals surface area contributed by atoms with Gasteiger partial charge in [0.1, 0.15) is 0 Å². The molecule has 8 nitrogen and oxygen atoms in total. The molecule has 11 heteroatoms. The first kappa shape index (κ1) is 27.0. The molecule has 0 saturated carbocycles. The number of H-pyrrole nitrogens is 2. The Kier molecular flexibility index (Phi) is 8.26. The predicted molar refractivity (Wildman–Crippen MR) is 168 cm³/mol. The van der Waals surface area contributed by atoms with Crippen molar-refractivity contribution in [3.63, 3.8) is 0 Å². The fourth-order valence-electron chi connectivity index (χ4n) is 4.01. The number of fused-ring (bicyclic) bond motifs is 2. The molecule has 0 aliphatic heterocycles. The Morgan fingerprint density at radius 2 is 1.00 bits per heavy atom. The monoisotopic (exact) mass is 596 g/mol. The van der Waals surface area contributed by atoms with E-state index in [2.05, 4.69) is 30.6 Å². The zero-order valence-corrected chi connectivity index (χ0v) is 24.0. The maximum atomic E-state index is 12.4. The van der Waals surface area contributed by atoms with Crippen LogP contribution in [0.2, 0.25) is 0 Å². The molecular weight excluding hydrogens is 573 g/mol. The van der Waals surface area contributed by atoms with E-state index >= 15 is 0 Å². The SMILES string of the molecule is O=C(CSc1nc2ccccc2[nH]1)Nc1ccc(Sc2ccc(NC(=O)CSc3nc4ccccc4[nH]3)cc2)cc1. The van der Waals surface area contributed by atoms with E-state index in [0.717, 1.165) is 53.5 Å². The molecule has 0 aliphatic carbocycles. The number of nitrogens with zero attached hydrogens (tertiary/aromatic N) is 2. The average molecular weight is 597 g/mol. The van der Waals surface area contributed by atoms with Gasteiger partial charge in [0.05, 0.1) is 33.6 Å². The predicted octanol–water partition coefficient (Wildman–Crippen LogP) is 7.05. The molecule has 6 rings (SSSR count). The van der Waals surface area contributed by atoms with Gasteiger partial charge in [-0.2, -0.15) is 0 Å². The number of hydrogen-bond acceptors (Lipinski definition) is 7. The molecule has 0 saturated heterocycles. The molecule has 204 valence electrons. The molecule has 0 spiro atoms. The molecular formula is C30H24N6O2S3. The number of anilines is 2. The summed E-state index contributed by atoms with van der Waals surface area (Å²) in [7, 11) is 0. The van der Waals surface area contributed by atoms with Gasteiger partial charge in [0, 0.05) is 21.2 Å². The van der Waals surface area contributed by atoms with Gasteiger partial charge >= 0.3 is 0 Å². The number of carbonyl (C=O) groups is 2. The molecule has 0 atom stereocenters. The normalized spacial score (nSPS) is 11.1. The fraction of sp³-hybridized carbons (Fsp3) is 0.0667. The van der Waals surface area contributed by atoms with Crippen molar-refractivity contribution in [2.45, 2.75) is 20.1 Å². The number of hydrogen-bond donors (Lipinski definition) is 4. The highest BCUT2D eigenvalue weighted by Gasteiger charge is 2.09. The van der Waals surface area contributed by atoms with Crippen LogP contribution in [-0.4, -0.2) is 43.3 Å². The lowest BCUT2D eigenvalue weighted by atomic mass is 10.3. The standard InChI is InChI=1S/C30H24N6O2S3/c37-27(17-39-29-33-23-5-1-2-6-24(23)34-29)31-19-9-13-21(14-10-19)41-22-15-11-20(12-16-22)32-28(38)18-40-30-35-25-7-3-4-8-26(25)36-30/h1-16H,17-18H2,(H,31,37)(H,32,38)(H,33,34)(H,35,36). The Bertz CT molecular complexity index is 1620. The minimum absolute atomic E-state index is 0.0931. The van der Waals surface area contributed by atoms with Gasteiger partial charge in [0.2, 0.25) is 11.8 Å². The van der Waals surface area contributed by atoms with Crippen molar-refractivity contribution in [2.75, 3.05) is 22.1 Å². The molecule has 4 aromatic carbocycles. The summed E-state index contributed by atoms with van der Waals surface area (Å²) in [5.41, 5.74) is 5.16. The molecule has 6 aromatic rings. The van der Waals surface area contributed by atoms with Gasteiger partial charge in [-0.3, -0.25) is 9.59 Å². The highest BCUT2D eigenvalue weighted by molar-refractivity contribution is 8.00. The van der Waals surface area contributed by atoms with Crippen LogP contribution in [0.4, 0.5) is 11.4 Å². The molecule has 4 N–H and O–H groups in total. The quantitative estimate of drug-likeness (QED) is 0.125. The van der Waals surface area contributed by atoms with Crippen molar-refractivity contribution in [3.05, 3.63) is 97.1 Å². The summed E-state index contributed by atoms with van der Waals surface area (Å²) in [6, 6.07) is 31.0. The Morgan fingerprint density at radius 3 is 1.41 bits per heavy atom. The second-order valence-corrected chi connectivity index (χ2v) is 12.0. The molecule has 0 unspecified atom stereocenters. The Labute approximate surface area is 248 Å². The van der Waals surface area contributed by atoms with Crippen LogP contribution in [-0.2, 0) is 9.59 Å². The van der Waals surface area contributed by atoms with Crippen molar-refractivity contribution in [3.8, 4) is 0 Å². The van der Waals surface area contributed by atoms with Crippen LogP contribution in [0.25, 0.3) is 22.1 Å². The third kappa shape index (κ3) is 7.12. The lowest BCUT2D eigenvalue weighted by Gasteiger charge is -2.08. The van der Waals surface area contributed by atoms with Crippen LogP contribution < -0.4 is 10.6 Å². The first-order valence-corrected chi connectivity index (χ1v) is 15.5. The van der Waals surface area contributed by atoms with Crippen LogP contribution in [0.15, 0.2) is 117 Å². The smallest absolute Gasteiger partial charge is 0.234 e. The third-order valence-electron chi connectivity index (χ3n) is 5.93. The number of nitrogens with one attached hydrogen (secondary N) is 4. The molecule has 0 bridgehead atoms. The molecule has 2 amide bonds. The number of thioether (sulfide) groups is 2. The number of aromatic amines is 2. The van der Waals surface area contributed by atoms with E-state index in [9.17, 15) is 9.59 Å². The average Bonchev–Trinajstić information content (AvgIpc) is 3.61. The van der Waals surface area contributed by atoms with Crippen LogP contribution in [0.5, 0.6) is 0 Å². The van der Waals surface area contributed by atoms with Crippen LogP contribution >= 0.6 is 35.3 Å². The minimum Gasteiger partial charge on any atom is -0.333 e. The molecule has 0 aliphatic rings. The van der Waals surface area contributed by atoms with E-state index in [-0.39, 0.29) is 23.3 Å². The van der Waals surface area contributed by atoms with Gasteiger partial charge in [-0.15, -0.1) is 0 Å². The number of aromatic nitrogens is 4. The fourth-order valence-corrected chi connectivity index (χ4v) is 6.19. The van der Waals surface area contributed by atoms with Gasteiger partial charge in [-0.1, -0.05) is 59.6 Å². The number of para-hydroxylation sites is 4. The first-order chi connectivity index (χ1) is 20.1. The van der Waals surface area contributed by atoms with E-state index in [1.807, 2.05) is 97.1 Å². The molecule has 0 fully saturated rings. The number of amides is 2. The Balaban J connectivity index is 0.949. The van der Waals surface area contributed by atoms with Gasteiger partial charge < -0.3 is 20.6 Å². The second kappa shape index (κ2) is 12.5. The van der Waals surface area contributed by atoms with E-state index < -0.39 is 0 Å². The van der Waals surface area contributed by atoms with Gasteiger partial charge in [-0.05, 0) is 72.8 Å². The van der Waals surface area contributed by atoms with Crippen LogP contribution in [0.3, 0.4) is 0 Å². The van der Waals surface area contributed by atoms with Crippen LogP contribution in [0.1, 0.15) is 0 Å². The van der Waals surface area contributed by atoms with Gasteiger partial charge in [-0.25, -0.2) is 9.97 Å². The van der Waals surface area contributed by atoms with E-state index in [1.165, 1.54) is 23.5 Å². The highest BCUT2D eigenvalue weighted by Crippen LogP contribution is 2.30. The Hall–Kier alpha value is -4.19. The number of rotatable bonds is 10. The summed E-state index contributed by atoms with van der Waals surface area (Å²) < 4.78 is 0. The first-order valence-electron chi connectivity index (χ1n) is 12.7. The maximum Gasteiger partial charge on any atom is 0.234 e. The van der Waals surface area contributed by atoms with Crippen molar-refractivity contribution < 1.29 is 9.59 Å². The minimum atomic E-state index is -0.0931.